The quantitative estimate of drug-likeness (QED) is 0.708. The highest BCUT2D eigenvalue weighted by molar-refractivity contribution is 5.49. The molecule has 0 aromatic carbocycles. The van der Waals surface area contributed by atoms with Crippen LogP contribution in [0.3, 0.4) is 0 Å². The molecule has 4 heteroatoms. The molecule has 0 radical (unpaired) electrons. The zero-order valence-corrected chi connectivity index (χ0v) is 7.78. The molecule has 0 aliphatic heterocycles. The van der Waals surface area contributed by atoms with Gasteiger partial charge in [-0.2, -0.15) is 5.26 Å². The third kappa shape index (κ3) is 2.34. The molecule has 0 atom stereocenters. The van der Waals surface area contributed by atoms with Gasteiger partial charge in [0.1, 0.15) is 0 Å². The Morgan fingerprint density at radius 2 is 2.54 bits per heavy atom. The van der Waals surface area contributed by atoms with Crippen LogP contribution in [0.25, 0.3) is 6.08 Å². The van der Waals surface area contributed by atoms with Crippen molar-refractivity contribution in [2.24, 2.45) is 7.05 Å². The molecule has 0 amide bonds. The molecule has 1 rings (SSSR count). The first-order valence-electron chi connectivity index (χ1n) is 4.11. The van der Waals surface area contributed by atoms with Gasteiger partial charge < -0.3 is 9.88 Å². The number of anilines is 1. The normalized spacial score (nSPS) is 10.2. The van der Waals surface area contributed by atoms with Gasteiger partial charge in [-0.1, -0.05) is 0 Å². The van der Waals surface area contributed by atoms with Crippen LogP contribution in [0.1, 0.15) is 12.6 Å². The number of hydrogen-bond donors (Lipinski definition) is 1. The largest absolute Gasteiger partial charge is 0.356 e. The molecule has 68 valence electrons. The third-order valence-electron chi connectivity index (χ3n) is 1.56. The van der Waals surface area contributed by atoms with Crippen LogP contribution in [0.2, 0.25) is 0 Å². The predicted molar refractivity (Wildman–Crippen MR) is 52.0 cm³/mol. The average molecular weight is 176 g/mol. The van der Waals surface area contributed by atoms with E-state index in [1.807, 2.05) is 30.8 Å². The summed E-state index contributed by atoms with van der Waals surface area (Å²) in [4.78, 5) is 4.25. The number of imidazole rings is 1. The molecule has 0 spiro atoms. The van der Waals surface area contributed by atoms with E-state index in [1.54, 1.807) is 6.08 Å². The lowest BCUT2D eigenvalue weighted by Gasteiger charge is -1.99. The van der Waals surface area contributed by atoms with Crippen molar-refractivity contribution in [3.63, 3.8) is 0 Å². The Hall–Kier alpha value is -1.76. The van der Waals surface area contributed by atoms with Crippen molar-refractivity contribution in [2.75, 3.05) is 11.9 Å². The standard InChI is InChI=1S/C9H12N4/c1-3-11-9-12-8(5-4-6-10)7-13(9)2/h4-5,7H,3H2,1-2H3,(H,11,12)/b5-4+. The Morgan fingerprint density at radius 3 is 3.15 bits per heavy atom. The third-order valence-corrected chi connectivity index (χ3v) is 1.56. The van der Waals surface area contributed by atoms with Crippen molar-refractivity contribution in [1.29, 1.82) is 5.26 Å². The van der Waals surface area contributed by atoms with E-state index in [0.717, 1.165) is 18.2 Å². The highest BCUT2D eigenvalue weighted by Crippen LogP contribution is 2.07. The van der Waals surface area contributed by atoms with E-state index >= 15 is 0 Å². The van der Waals surface area contributed by atoms with Crippen molar-refractivity contribution < 1.29 is 0 Å². The fourth-order valence-corrected chi connectivity index (χ4v) is 1.01. The van der Waals surface area contributed by atoms with E-state index in [-0.39, 0.29) is 0 Å². The van der Waals surface area contributed by atoms with Gasteiger partial charge in [0.2, 0.25) is 5.95 Å². The van der Waals surface area contributed by atoms with Gasteiger partial charge in [0, 0.05) is 25.9 Å². The summed E-state index contributed by atoms with van der Waals surface area (Å²) in [6.07, 6.45) is 4.96. The lowest BCUT2D eigenvalue weighted by atomic mass is 10.4. The second-order valence-corrected chi connectivity index (χ2v) is 2.59. The summed E-state index contributed by atoms with van der Waals surface area (Å²) in [5.41, 5.74) is 0.792. The number of hydrogen-bond acceptors (Lipinski definition) is 3. The predicted octanol–water partition coefficient (Wildman–Crippen LogP) is 1.39. The van der Waals surface area contributed by atoms with E-state index in [2.05, 4.69) is 10.3 Å². The molecule has 13 heavy (non-hydrogen) atoms. The molecule has 1 aromatic rings. The second-order valence-electron chi connectivity index (χ2n) is 2.59. The van der Waals surface area contributed by atoms with Gasteiger partial charge in [-0.3, -0.25) is 0 Å². The Kier molecular flexibility index (Phi) is 3.09. The van der Waals surface area contributed by atoms with Crippen LogP contribution in [0.4, 0.5) is 5.95 Å². The van der Waals surface area contributed by atoms with E-state index in [4.69, 9.17) is 5.26 Å². The second kappa shape index (κ2) is 4.31. The molecule has 1 aromatic heterocycles. The van der Waals surface area contributed by atoms with Crippen molar-refractivity contribution >= 4 is 12.0 Å². The Bertz CT molecular complexity index is 343. The zero-order valence-electron chi connectivity index (χ0n) is 7.78. The van der Waals surface area contributed by atoms with Gasteiger partial charge in [0.05, 0.1) is 11.8 Å². The van der Waals surface area contributed by atoms with Gasteiger partial charge in [-0.05, 0) is 13.0 Å². The first-order valence-corrected chi connectivity index (χ1v) is 4.11. The van der Waals surface area contributed by atoms with Crippen LogP contribution in [0.5, 0.6) is 0 Å². The van der Waals surface area contributed by atoms with Gasteiger partial charge in [0.15, 0.2) is 0 Å². The maximum Gasteiger partial charge on any atom is 0.203 e. The first kappa shape index (κ1) is 9.33. The van der Waals surface area contributed by atoms with E-state index in [9.17, 15) is 0 Å². The minimum absolute atomic E-state index is 0.792. The molecule has 0 saturated carbocycles. The first-order chi connectivity index (χ1) is 6.27. The number of rotatable bonds is 3. The monoisotopic (exact) mass is 176 g/mol. The molecule has 0 aliphatic carbocycles. The fourth-order valence-electron chi connectivity index (χ4n) is 1.01. The summed E-state index contributed by atoms with van der Waals surface area (Å²) in [7, 11) is 1.91. The highest BCUT2D eigenvalue weighted by Gasteiger charge is 1.99. The molecule has 0 unspecified atom stereocenters. The summed E-state index contributed by atoms with van der Waals surface area (Å²) in [6, 6.07) is 1.93. The van der Waals surface area contributed by atoms with Crippen LogP contribution in [0, 0.1) is 11.3 Å². The van der Waals surface area contributed by atoms with Crippen molar-refractivity contribution in [3.8, 4) is 6.07 Å². The lowest BCUT2D eigenvalue weighted by Crippen LogP contribution is -2.02. The maximum atomic E-state index is 8.32. The Morgan fingerprint density at radius 1 is 1.77 bits per heavy atom. The summed E-state index contributed by atoms with van der Waals surface area (Å²) >= 11 is 0. The van der Waals surface area contributed by atoms with Gasteiger partial charge in [-0.25, -0.2) is 4.98 Å². The zero-order chi connectivity index (χ0) is 9.68. The van der Waals surface area contributed by atoms with Crippen molar-refractivity contribution in [1.82, 2.24) is 9.55 Å². The molecule has 0 bridgehead atoms. The molecular formula is C9H12N4. The summed E-state index contributed by atoms with van der Waals surface area (Å²) in [6.45, 7) is 2.85. The maximum absolute atomic E-state index is 8.32. The number of allylic oxidation sites excluding steroid dienone is 1. The molecule has 4 nitrogen and oxygen atoms in total. The molecule has 1 heterocycles. The summed E-state index contributed by atoms with van der Waals surface area (Å²) in [5.74, 6) is 0.820. The summed E-state index contributed by atoms with van der Waals surface area (Å²) in [5, 5.41) is 11.4. The Balaban J connectivity index is 2.83. The van der Waals surface area contributed by atoms with Crippen LogP contribution in [-0.4, -0.2) is 16.1 Å². The molecule has 1 N–H and O–H groups in total. The summed E-state index contributed by atoms with van der Waals surface area (Å²) < 4.78 is 1.89. The van der Waals surface area contributed by atoms with Gasteiger partial charge >= 0.3 is 0 Å². The number of nitrogens with one attached hydrogen (secondary N) is 1. The SMILES string of the molecule is CCNc1nc(/C=C/C#N)cn1C. The molecule has 0 fully saturated rings. The Labute approximate surface area is 77.5 Å². The van der Waals surface area contributed by atoms with Crippen LogP contribution in [-0.2, 0) is 7.05 Å². The topological polar surface area (TPSA) is 53.6 Å². The van der Waals surface area contributed by atoms with Crippen molar-refractivity contribution in [2.45, 2.75) is 6.92 Å². The van der Waals surface area contributed by atoms with Crippen LogP contribution >= 0.6 is 0 Å². The molecular weight excluding hydrogens is 164 g/mol. The van der Waals surface area contributed by atoms with Gasteiger partial charge in [-0.15, -0.1) is 0 Å². The van der Waals surface area contributed by atoms with E-state index in [1.165, 1.54) is 6.08 Å². The molecule has 0 aliphatic rings. The fraction of sp³-hybridized carbons (Fsp3) is 0.333. The number of nitriles is 1. The number of aromatic nitrogens is 2. The van der Waals surface area contributed by atoms with E-state index in [0.29, 0.717) is 0 Å². The smallest absolute Gasteiger partial charge is 0.203 e. The minimum Gasteiger partial charge on any atom is -0.356 e. The van der Waals surface area contributed by atoms with Crippen LogP contribution in [0.15, 0.2) is 12.3 Å². The highest BCUT2D eigenvalue weighted by atomic mass is 15.2. The van der Waals surface area contributed by atoms with Crippen molar-refractivity contribution in [3.05, 3.63) is 18.0 Å². The average Bonchev–Trinajstić information content (AvgIpc) is 2.45. The number of aryl methyl sites for hydroxylation is 1. The van der Waals surface area contributed by atoms with Gasteiger partial charge in [0.25, 0.3) is 0 Å². The van der Waals surface area contributed by atoms with Crippen LogP contribution < -0.4 is 5.32 Å². The lowest BCUT2D eigenvalue weighted by molar-refractivity contribution is 0.907. The van der Waals surface area contributed by atoms with E-state index < -0.39 is 0 Å². The molecule has 0 saturated heterocycles. The number of nitrogens with zero attached hydrogens (tertiary/aromatic N) is 3. The minimum atomic E-state index is 0.792.